The Balaban J connectivity index is 1.96. The standard InChI is InChI=1S/C30H31NO4/c1-17-14-26(32)20(4)12-24(17)31(25-13-21(5)27(33)15-18(25)2)23-9-7-8-10-29(23)35-30-16-28(34)19(3)11-22(30)6/h7-16,32-34H,1-6H3. The van der Waals surface area contributed by atoms with Crippen LogP contribution in [0.1, 0.15) is 33.4 Å². The molecule has 4 aromatic carbocycles. The third-order valence-corrected chi connectivity index (χ3v) is 6.33. The predicted molar refractivity (Wildman–Crippen MR) is 141 cm³/mol. The molecule has 0 aliphatic heterocycles. The van der Waals surface area contributed by atoms with Gasteiger partial charge in [-0.25, -0.2) is 0 Å². The maximum atomic E-state index is 10.3. The van der Waals surface area contributed by atoms with E-state index in [4.69, 9.17) is 4.74 Å². The highest BCUT2D eigenvalue weighted by Crippen LogP contribution is 2.46. The number of hydrogen-bond donors (Lipinski definition) is 3. The Hall–Kier alpha value is -4.12. The summed E-state index contributed by atoms with van der Waals surface area (Å²) in [7, 11) is 0. The van der Waals surface area contributed by atoms with Gasteiger partial charge in [0, 0.05) is 17.4 Å². The van der Waals surface area contributed by atoms with Crippen LogP contribution in [-0.4, -0.2) is 15.3 Å². The number of ether oxygens (including phenoxy) is 1. The van der Waals surface area contributed by atoms with Crippen LogP contribution in [0, 0.1) is 41.5 Å². The second kappa shape index (κ2) is 9.26. The van der Waals surface area contributed by atoms with Gasteiger partial charge in [-0.15, -0.1) is 0 Å². The fourth-order valence-electron chi connectivity index (χ4n) is 4.22. The van der Waals surface area contributed by atoms with Crippen molar-refractivity contribution in [3.8, 4) is 28.7 Å². The van der Waals surface area contributed by atoms with Crippen molar-refractivity contribution in [2.75, 3.05) is 4.90 Å². The molecule has 0 bridgehead atoms. The molecule has 0 fully saturated rings. The molecule has 4 rings (SSSR count). The van der Waals surface area contributed by atoms with E-state index < -0.39 is 0 Å². The molecule has 0 radical (unpaired) electrons. The van der Waals surface area contributed by atoms with E-state index in [9.17, 15) is 15.3 Å². The minimum Gasteiger partial charge on any atom is -0.508 e. The maximum absolute atomic E-state index is 10.3. The fraction of sp³-hybridized carbons (Fsp3) is 0.200. The van der Waals surface area contributed by atoms with Gasteiger partial charge in [0.2, 0.25) is 0 Å². The van der Waals surface area contributed by atoms with Gasteiger partial charge in [0.05, 0.1) is 5.69 Å². The topological polar surface area (TPSA) is 73.2 Å². The van der Waals surface area contributed by atoms with Gasteiger partial charge in [0.1, 0.15) is 23.0 Å². The van der Waals surface area contributed by atoms with Gasteiger partial charge in [0.25, 0.3) is 0 Å². The number of rotatable bonds is 5. The number of benzene rings is 4. The summed E-state index contributed by atoms with van der Waals surface area (Å²) in [5.41, 5.74) is 7.52. The summed E-state index contributed by atoms with van der Waals surface area (Å²) in [5, 5.41) is 30.9. The summed E-state index contributed by atoms with van der Waals surface area (Å²) in [6.45, 7) is 11.4. The number of anilines is 3. The average molecular weight is 470 g/mol. The normalized spacial score (nSPS) is 10.9. The first-order valence-corrected chi connectivity index (χ1v) is 11.5. The minimum atomic E-state index is 0.176. The number of phenolic OH excluding ortho intramolecular Hbond substituents is 3. The molecule has 5 nitrogen and oxygen atoms in total. The van der Waals surface area contributed by atoms with Crippen LogP contribution in [0.25, 0.3) is 0 Å². The molecular formula is C30H31NO4. The van der Waals surface area contributed by atoms with Crippen LogP contribution in [0.2, 0.25) is 0 Å². The molecule has 4 aromatic rings. The van der Waals surface area contributed by atoms with Crippen LogP contribution < -0.4 is 9.64 Å². The van der Waals surface area contributed by atoms with E-state index in [0.29, 0.717) is 11.5 Å². The fourth-order valence-corrected chi connectivity index (χ4v) is 4.22. The molecule has 0 aliphatic rings. The van der Waals surface area contributed by atoms with E-state index >= 15 is 0 Å². The zero-order chi connectivity index (χ0) is 25.4. The van der Waals surface area contributed by atoms with E-state index in [1.165, 1.54) is 0 Å². The molecule has 35 heavy (non-hydrogen) atoms. The van der Waals surface area contributed by atoms with Crippen LogP contribution in [0.4, 0.5) is 17.1 Å². The first-order valence-electron chi connectivity index (χ1n) is 11.5. The largest absolute Gasteiger partial charge is 0.508 e. The Morgan fingerprint density at radius 2 is 0.971 bits per heavy atom. The van der Waals surface area contributed by atoms with Gasteiger partial charge < -0.3 is 25.0 Å². The molecule has 0 amide bonds. The lowest BCUT2D eigenvalue weighted by molar-refractivity contribution is 0.450. The summed E-state index contributed by atoms with van der Waals surface area (Å²) >= 11 is 0. The van der Waals surface area contributed by atoms with Gasteiger partial charge >= 0.3 is 0 Å². The highest BCUT2D eigenvalue weighted by atomic mass is 16.5. The van der Waals surface area contributed by atoms with Crippen molar-refractivity contribution in [3.05, 3.63) is 94.0 Å². The van der Waals surface area contributed by atoms with E-state index in [0.717, 1.165) is 50.4 Å². The first kappa shape index (κ1) is 24.0. The lowest BCUT2D eigenvalue weighted by atomic mass is 10.0. The molecule has 0 unspecified atom stereocenters. The average Bonchev–Trinajstić information content (AvgIpc) is 2.80. The van der Waals surface area contributed by atoms with Crippen molar-refractivity contribution in [1.82, 2.24) is 0 Å². The molecule has 0 saturated carbocycles. The van der Waals surface area contributed by atoms with E-state index in [2.05, 4.69) is 4.90 Å². The van der Waals surface area contributed by atoms with Crippen molar-refractivity contribution in [3.63, 3.8) is 0 Å². The quantitative estimate of drug-likeness (QED) is 0.277. The number of aromatic hydroxyl groups is 3. The van der Waals surface area contributed by atoms with Crippen LogP contribution in [0.3, 0.4) is 0 Å². The lowest BCUT2D eigenvalue weighted by Gasteiger charge is -2.31. The van der Waals surface area contributed by atoms with Crippen molar-refractivity contribution in [1.29, 1.82) is 0 Å². The van der Waals surface area contributed by atoms with Crippen LogP contribution >= 0.6 is 0 Å². The molecule has 0 heterocycles. The zero-order valence-electron chi connectivity index (χ0n) is 21.0. The van der Waals surface area contributed by atoms with E-state index in [1.54, 1.807) is 18.2 Å². The van der Waals surface area contributed by atoms with Crippen molar-refractivity contribution < 1.29 is 20.1 Å². The second-order valence-corrected chi connectivity index (χ2v) is 9.16. The Bertz CT molecular complexity index is 1370. The third kappa shape index (κ3) is 4.62. The maximum Gasteiger partial charge on any atom is 0.151 e. The van der Waals surface area contributed by atoms with E-state index in [-0.39, 0.29) is 17.2 Å². The number of nitrogens with zero attached hydrogens (tertiary/aromatic N) is 1. The molecule has 0 aromatic heterocycles. The Labute approximate surface area is 206 Å². The van der Waals surface area contributed by atoms with Crippen LogP contribution in [0.5, 0.6) is 28.7 Å². The van der Waals surface area contributed by atoms with Crippen LogP contribution in [-0.2, 0) is 0 Å². The Kier molecular flexibility index (Phi) is 6.35. The van der Waals surface area contributed by atoms with Gasteiger partial charge in [-0.1, -0.05) is 12.1 Å². The molecule has 0 saturated heterocycles. The summed E-state index contributed by atoms with van der Waals surface area (Å²) in [5.74, 6) is 1.82. The first-order chi connectivity index (χ1) is 16.6. The molecular weight excluding hydrogens is 438 g/mol. The van der Waals surface area contributed by atoms with Crippen molar-refractivity contribution in [2.24, 2.45) is 0 Å². The molecule has 3 N–H and O–H groups in total. The summed E-state index contributed by atoms with van der Waals surface area (Å²) < 4.78 is 6.39. The summed E-state index contributed by atoms with van der Waals surface area (Å²) in [6, 6.07) is 18.7. The van der Waals surface area contributed by atoms with E-state index in [1.807, 2.05) is 84.0 Å². The van der Waals surface area contributed by atoms with Gasteiger partial charge in [-0.3, -0.25) is 0 Å². The molecule has 0 atom stereocenters. The van der Waals surface area contributed by atoms with Crippen molar-refractivity contribution in [2.45, 2.75) is 41.5 Å². The van der Waals surface area contributed by atoms with Gasteiger partial charge in [-0.05, 0) is 117 Å². The van der Waals surface area contributed by atoms with Crippen LogP contribution in [0.15, 0.2) is 60.7 Å². The van der Waals surface area contributed by atoms with Gasteiger partial charge in [0.15, 0.2) is 5.75 Å². The monoisotopic (exact) mass is 469 g/mol. The smallest absolute Gasteiger partial charge is 0.151 e. The number of phenols is 3. The SMILES string of the molecule is Cc1cc(N(c2cc(C)c(O)cc2C)c2ccccc2Oc2cc(O)c(C)cc2C)c(C)cc1O. The molecule has 0 aliphatic carbocycles. The zero-order valence-corrected chi connectivity index (χ0v) is 21.0. The third-order valence-electron chi connectivity index (χ3n) is 6.33. The second-order valence-electron chi connectivity index (χ2n) is 9.16. The number of hydrogen-bond acceptors (Lipinski definition) is 5. The summed E-state index contributed by atoms with van der Waals surface area (Å²) in [6.07, 6.45) is 0. The predicted octanol–water partition coefficient (Wildman–Crippen LogP) is 7.92. The Morgan fingerprint density at radius 1 is 0.486 bits per heavy atom. The molecule has 0 spiro atoms. The lowest BCUT2D eigenvalue weighted by Crippen LogP contribution is -2.14. The summed E-state index contributed by atoms with van der Waals surface area (Å²) in [4.78, 5) is 2.09. The van der Waals surface area contributed by atoms with Crippen molar-refractivity contribution >= 4 is 17.1 Å². The molecule has 5 heteroatoms. The Morgan fingerprint density at radius 3 is 1.54 bits per heavy atom. The highest BCUT2D eigenvalue weighted by molar-refractivity contribution is 5.84. The highest BCUT2D eigenvalue weighted by Gasteiger charge is 2.22. The number of aryl methyl sites for hydroxylation is 6. The molecule has 180 valence electrons. The minimum absolute atomic E-state index is 0.176. The number of para-hydroxylation sites is 2. The van der Waals surface area contributed by atoms with Gasteiger partial charge in [-0.2, -0.15) is 0 Å².